The van der Waals surface area contributed by atoms with E-state index in [-0.39, 0.29) is 5.56 Å². The minimum Gasteiger partial charge on any atom is -0.480 e. The maximum Gasteiger partial charge on any atom is 0.330 e. The first-order chi connectivity index (χ1) is 8.34. The van der Waals surface area contributed by atoms with Crippen LogP contribution in [-0.2, 0) is 23.6 Å². The Morgan fingerprint density at radius 3 is 2.44 bits per heavy atom. The number of carbonyl (C=O) groups is 2. The summed E-state index contributed by atoms with van der Waals surface area (Å²) >= 11 is 0. The topological polar surface area (TPSA) is 108 Å². The highest BCUT2D eigenvalue weighted by Gasteiger charge is 2.15. The van der Waals surface area contributed by atoms with Crippen molar-refractivity contribution in [1.29, 1.82) is 0 Å². The number of carbonyl (C=O) groups excluding carboxylic acids is 1. The average molecular weight is 256 g/mol. The van der Waals surface area contributed by atoms with Crippen molar-refractivity contribution in [2.24, 2.45) is 14.1 Å². The second-order valence-electron chi connectivity index (χ2n) is 3.61. The van der Waals surface area contributed by atoms with E-state index in [1.165, 1.54) is 14.1 Å². The Hall–Kier alpha value is -2.22. The number of carboxylic acids is 1. The van der Waals surface area contributed by atoms with Gasteiger partial charge in [0.2, 0.25) is 0 Å². The Kier molecular flexibility index (Phi) is 4.16. The van der Waals surface area contributed by atoms with Gasteiger partial charge in [0.25, 0.3) is 5.56 Å². The van der Waals surface area contributed by atoms with Gasteiger partial charge < -0.3 is 14.4 Å². The molecule has 0 fully saturated rings. The van der Waals surface area contributed by atoms with E-state index in [9.17, 15) is 19.2 Å². The lowest BCUT2D eigenvalue weighted by atomic mass is 10.2. The van der Waals surface area contributed by atoms with Gasteiger partial charge in [-0.25, -0.2) is 9.59 Å². The molecule has 1 heterocycles. The molecule has 1 N–H and O–H groups in total. The molecule has 0 aliphatic rings. The smallest absolute Gasteiger partial charge is 0.330 e. The molecule has 98 valence electrons. The summed E-state index contributed by atoms with van der Waals surface area (Å²) in [6, 6.07) is 0. The van der Waals surface area contributed by atoms with E-state index < -0.39 is 36.2 Å². The van der Waals surface area contributed by atoms with Crippen LogP contribution in [0.4, 0.5) is 0 Å². The Labute approximate surface area is 101 Å². The monoisotopic (exact) mass is 256 g/mol. The van der Waals surface area contributed by atoms with E-state index in [0.717, 1.165) is 15.3 Å². The third kappa shape index (κ3) is 2.92. The van der Waals surface area contributed by atoms with Crippen LogP contribution in [0, 0.1) is 0 Å². The normalized spacial score (nSPS) is 10.3. The lowest BCUT2D eigenvalue weighted by Gasteiger charge is -2.05. The van der Waals surface area contributed by atoms with Crippen LogP contribution in [0.1, 0.15) is 10.4 Å². The zero-order valence-electron chi connectivity index (χ0n) is 9.87. The molecule has 1 rings (SSSR count). The van der Waals surface area contributed by atoms with Crippen molar-refractivity contribution in [1.82, 2.24) is 9.13 Å². The zero-order valence-corrected chi connectivity index (χ0v) is 9.87. The van der Waals surface area contributed by atoms with Gasteiger partial charge in [-0.2, -0.15) is 0 Å². The minimum atomic E-state index is -1.21. The van der Waals surface area contributed by atoms with E-state index in [0.29, 0.717) is 0 Å². The van der Waals surface area contributed by atoms with Crippen LogP contribution >= 0.6 is 0 Å². The number of aliphatic carboxylic acids is 1. The van der Waals surface area contributed by atoms with E-state index in [4.69, 9.17) is 5.11 Å². The number of ketones is 1. The summed E-state index contributed by atoms with van der Waals surface area (Å²) in [6.45, 7) is -1.16. The molecule has 0 amide bonds. The van der Waals surface area contributed by atoms with Gasteiger partial charge >= 0.3 is 11.7 Å². The number of Topliss-reactive ketones (excluding diaryl/α,β-unsaturated/α-hetero) is 1. The number of hydrogen-bond donors (Lipinski definition) is 1. The van der Waals surface area contributed by atoms with Crippen molar-refractivity contribution in [2.75, 3.05) is 13.2 Å². The average Bonchev–Trinajstić information content (AvgIpc) is 2.30. The van der Waals surface area contributed by atoms with Crippen LogP contribution in [0.5, 0.6) is 0 Å². The third-order valence-electron chi connectivity index (χ3n) is 2.21. The lowest BCUT2D eigenvalue weighted by Crippen LogP contribution is -2.40. The summed E-state index contributed by atoms with van der Waals surface area (Å²) < 4.78 is 6.48. The predicted octanol–water partition coefficient (Wildman–Crippen LogP) is -1.63. The Bertz CT molecular complexity index is 597. The van der Waals surface area contributed by atoms with Gasteiger partial charge in [0.1, 0.15) is 18.8 Å². The molecule has 0 aliphatic heterocycles. The van der Waals surface area contributed by atoms with Crippen molar-refractivity contribution in [3.05, 3.63) is 32.6 Å². The Morgan fingerprint density at radius 1 is 1.28 bits per heavy atom. The van der Waals surface area contributed by atoms with E-state index in [1.54, 1.807) is 0 Å². The van der Waals surface area contributed by atoms with Crippen molar-refractivity contribution in [2.45, 2.75) is 0 Å². The largest absolute Gasteiger partial charge is 0.480 e. The summed E-state index contributed by atoms with van der Waals surface area (Å²) in [7, 11) is 2.65. The number of ether oxygens (including phenoxy) is 1. The first kappa shape index (κ1) is 13.8. The van der Waals surface area contributed by atoms with Crippen molar-refractivity contribution in [3.8, 4) is 0 Å². The molecule has 0 atom stereocenters. The second-order valence-corrected chi connectivity index (χ2v) is 3.61. The fourth-order valence-corrected chi connectivity index (χ4v) is 1.31. The maximum absolute atomic E-state index is 11.6. The second kappa shape index (κ2) is 5.41. The first-order valence-electron chi connectivity index (χ1n) is 4.94. The molecule has 0 saturated carbocycles. The van der Waals surface area contributed by atoms with Gasteiger partial charge in [-0.3, -0.25) is 14.2 Å². The van der Waals surface area contributed by atoms with Gasteiger partial charge in [-0.1, -0.05) is 0 Å². The van der Waals surface area contributed by atoms with Gasteiger partial charge in [-0.05, 0) is 0 Å². The molecule has 0 spiro atoms. The molecule has 0 unspecified atom stereocenters. The molecular formula is C10H12N2O6. The van der Waals surface area contributed by atoms with Gasteiger partial charge in [0, 0.05) is 20.3 Å². The van der Waals surface area contributed by atoms with E-state index in [2.05, 4.69) is 4.74 Å². The predicted molar refractivity (Wildman–Crippen MR) is 59.7 cm³/mol. The maximum atomic E-state index is 11.6. The lowest BCUT2D eigenvalue weighted by molar-refractivity contribution is -0.141. The molecular weight excluding hydrogens is 244 g/mol. The Balaban J connectivity index is 2.97. The summed E-state index contributed by atoms with van der Waals surface area (Å²) in [5.41, 5.74) is -1.50. The van der Waals surface area contributed by atoms with Crippen molar-refractivity contribution in [3.63, 3.8) is 0 Å². The summed E-state index contributed by atoms with van der Waals surface area (Å²) in [5.74, 6) is -1.89. The first-order valence-corrected chi connectivity index (χ1v) is 4.94. The van der Waals surface area contributed by atoms with Crippen LogP contribution in [0.2, 0.25) is 0 Å². The van der Waals surface area contributed by atoms with Crippen LogP contribution in [0.15, 0.2) is 15.8 Å². The van der Waals surface area contributed by atoms with Gasteiger partial charge in [0.15, 0.2) is 5.78 Å². The number of rotatable bonds is 5. The highest BCUT2D eigenvalue weighted by molar-refractivity contribution is 5.96. The fourth-order valence-electron chi connectivity index (χ4n) is 1.31. The van der Waals surface area contributed by atoms with Crippen LogP contribution in [0.3, 0.4) is 0 Å². The highest BCUT2D eigenvalue weighted by atomic mass is 16.5. The molecule has 0 radical (unpaired) electrons. The van der Waals surface area contributed by atoms with Crippen LogP contribution in [0.25, 0.3) is 0 Å². The van der Waals surface area contributed by atoms with Crippen LogP contribution in [-0.4, -0.2) is 39.2 Å². The van der Waals surface area contributed by atoms with E-state index >= 15 is 0 Å². The summed E-state index contributed by atoms with van der Waals surface area (Å²) in [6.07, 6.45) is 1.11. The number of aryl methyl sites for hydroxylation is 1. The quantitative estimate of drug-likeness (QED) is 0.633. The number of hydrogen-bond acceptors (Lipinski definition) is 5. The minimum absolute atomic E-state index is 0.218. The molecule has 1 aromatic rings. The van der Waals surface area contributed by atoms with Gasteiger partial charge in [0.05, 0.1) is 0 Å². The summed E-state index contributed by atoms with van der Waals surface area (Å²) in [4.78, 5) is 44.8. The van der Waals surface area contributed by atoms with Crippen molar-refractivity contribution >= 4 is 11.8 Å². The molecule has 0 aliphatic carbocycles. The summed E-state index contributed by atoms with van der Waals surface area (Å²) in [5, 5.41) is 8.33. The molecule has 8 nitrogen and oxygen atoms in total. The molecule has 0 bridgehead atoms. The highest BCUT2D eigenvalue weighted by Crippen LogP contribution is 1.92. The number of nitrogens with zero attached hydrogens (tertiary/aromatic N) is 2. The molecule has 18 heavy (non-hydrogen) atoms. The SMILES string of the molecule is Cn1cc(C(=O)COCC(=O)O)c(=O)n(C)c1=O. The van der Waals surface area contributed by atoms with Crippen LogP contribution < -0.4 is 11.2 Å². The fraction of sp³-hybridized carbons (Fsp3) is 0.400. The Morgan fingerprint density at radius 2 is 1.89 bits per heavy atom. The van der Waals surface area contributed by atoms with Gasteiger partial charge in [-0.15, -0.1) is 0 Å². The molecule has 0 saturated heterocycles. The molecule has 0 aromatic carbocycles. The zero-order chi connectivity index (χ0) is 13.9. The van der Waals surface area contributed by atoms with E-state index in [1.807, 2.05) is 0 Å². The number of aromatic nitrogens is 2. The molecule has 8 heteroatoms. The standard InChI is InChI=1S/C10H12N2O6/c1-11-3-6(9(16)12(2)10(11)17)7(13)4-18-5-8(14)15/h3H,4-5H2,1-2H3,(H,14,15). The molecule has 1 aromatic heterocycles. The van der Waals surface area contributed by atoms with Crippen molar-refractivity contribution < 1.29 is 19.4 Å². The third-order valence-corrected chi connectivity index (χ3v) is 2.21. The number of carboxylic acid groups (broad SMARTS) is 1.